The molecule has 0 rings (SSSR count). The van der Waals surface area contributed by atoms with Crippen LogP contribution in [0, 0.1) is 0 Å². The van der Waals surface area contributed by atoms with Gasteiger partial charge in [0.2, 0.25) is 0 Å². The third-order valence-corrected chi connectivity index (χ3v) is 0.666. The molecule has 40 valence electrons. The largest absolute Gasteiger partial charge is 0.303 e. The molecule has 0 aliphatic carbocycles. The second-order valence-electron chi connectivity index (χ2n) is 1.03. The minimum absolute atomic E-state index is 0.479. The maximum absolute atomic E-state index is 9.59. The zero-order chi connectivity index (χ0) is 5.54. The Balaban J connectivity index is 2.92. The van der Waals surface area contributed by atoms with Gasteiger partial charge in [-0.2, -0.15) is 0 Å². The van der Waals surface area contributed by atoms with Crippen LogP contribution >= 0.6 is 11.6 Å². The van der Waals surface area contributed by atoms with Crippen LogP contribution < -0.4 is 0 Å². The van der Waals surface area contributed by atoms with Crippen LogP contribution in [-0.4, -0.2) is 12.2 Å². The van der Waals surface area contributed by atoms with E-state index in [0.717, 1.165) is 6.29 Å². The fourth-order valence-corrected chi connectivity index (χ4v) is 0.341. The number of hydrogen-bond acceptors (Lipinski definition) is 1. The first-order valence-corrected chi connectivity index (χ1v) is 2.60. The highest BCUT2D eigenvalue weighted by atomic mass is 35.5. The Hall–Kier alpha value is -0.300. The molecular formula is C5H7ClO. The monoisotopic (exact) mass is 118 g/mol. The van der Waals surface area contributed by atoms with E-state index < -0.39 is 0 Å². The van der Waals surface area contributed by atoms with Gasteiger partial charge in [-0.05, 0) is 0 Å². The van der Waals surface area contributed by atoms with Gasteiger partial charge in [0.15, 0.2) is 0 Å². The summed E-state index contributed by atoms with van der Waals surface area (Å²) in [7, 11) is 0. The smallest absolute Gasteiger partial charge is 0.123 e. The zero-order valence-corrected chi connectivity index (χ0v) is 4.69. The van der Waals surface area contributed by atoms with Crippen LogP contribution in [0.2, 0.25) is 0 Å². The second kappa shape index (κ2) is 5.70. The van der Waals surface area contributed by atoms with E-state index >= 15 is 0 Å². The summed E-state index contributed by atoms with van der Waals surface area (Å²) in [4.78, 5) is 9.59. The highest BCUT2D eigenvalue weighted by Gasteiger charge is 1.68. The molecule has 0 amide bonds. The maximum atomic E-state index is 9.59. The van der Waals surface area contributed by atoms with Gasteiger partial charge < -0.3 is 4.79 Å². The third kappa shape index (κ3) is 5.70. The standard InChI is InChI=1S/C5H7ClO/c6-4-2-1-3-5-7/h1-2,5H,3-4H2. The van der Waals surface area contributed by atoms with Gasteiger partial charge in [0.25, 0.3) is 0 Å². The molecule has 0 N–H and O–H groups in total. The molecule has 0 aliphatic heterocycles. The van der Waals surface area contributed by atoms with Crippen molar-refractivity contribution in [2.24, 2.45) is 0 Å². The molecule has 0 saturated heterocycles. The maximum Gasteiger partial charge on any atom is 0.123 e. The molecule has 0 spiro atoms. The average molecular weight is 119 g/mol. The van der Waals surface area contributed by atoms with Crippen molar-refractivity contribution in [2.75, 3.05) is 5.88 Å². The van der Waals surface area contributed by atoms with Crippen molar-refractivity contribution in [1.82, 2.24) is 0 Å². The zero-order valence-electron chi connectivity index (χ0n) is 3.93. The quantitative estimate of drug-likeness (QED) is 0.311. The van der Waals surface area contributed by atoms with Crippen LogP contribution in [0.4, 0.5) is 0 Å². The fourth-order valence-electron chi connectivity index (χ4n) is 0.215. The first-order chi connectivity index (χ1) is 3.41. The van der Waals surface area contributed by atoms with E-state index in [2.05, 4.69) is 0 Å². The molecule has 1 nitrogen and oxygen atoms in total. The summed E-state index contributed by atoms with van der Waals surface area (Å²) < 4.78 is 0. The van der Waals surface area contributed by atoms with Gasteiger partial charge in [-0.3, -0.25) is 0 Å². The van der Waals surface area contributed by atoms with E-state index in [-0.39, 0.29) is 0 Å². The van der Waals surface area contributed by atoms with Crippen molar-refractivity contribution in [2.45, 2.75) is 6.42 Å². The van der Waals surface area contributed by atoms with Gasteiger partial charge >= 0.3 is 0 Å². The van der Waals surface area contributed by atoms with Gasteiger partial charge in [-0.25, -0.2) is 0 Å². The Morgan fingerprint density at radius 3 is 2.57 bits per heavy atom. The number of carbonyl (C=O) groups excluding carboxylic acids is 1. The Bertz CT molecular complexity index is 68.5. The summed E-state index contributed by atoms with van der Waals surface area (Å²) in [5, 5.41) is 0. The van der Waals surface area contributed by atoms with E-state index in [4.69, 9.17) is 11.6 Å². The number of halogens is 1. The van der Waals surface area contributed by atoms with Gasteiger partial charge in [0.05, 0.1) is 0 Å². The molecule has 0 heterocycles. The van der Waals surface area contributed by atoms with E-state index in [1.807, 2.05) is 0 Å². The highest BCUT2D eigenvalue weighted by Crippen LogP contribution is 1.79. The molecule has 0 aromatic rings. The number of carbonyl (C=O) groups is 1. The molecule has 0 unspecified atom stereocenters. The number of alkyl halides is 1. The summed E-state index contributed by atoms with van der Waals surface area (Å²) in [5.74, 6) is 0.494. The molecule has 0 aliphatic rings. The highest BCUT2D eigenvalue weighted by molar-refractivity contribution is 6.18. The lowest BCUT2D eigenvalue weighted by Gasteiger charge is -1.71. The Kier molecular flexibility index (Phi) is 5.46. The molecule has 0 fully saturated rings. The summed E-state index contributed by atoms with van der Waals surface area (Å²) in [5.41, 5.74) is 0. The number of hydrogen-bond donors (Lipinski definition) is 0. The normalized spacial score (nSPS) is 9.86. The summed E-state index contributed by atoms with van der Waals surface area (Å²) in [6.45, 7) is 0. The molecule has 0 atom stereocenters. The lowest BCUT2D eigenvalue weighted by molar-refractivity contribution is -0.107. The van der Waals surface area contributed by atoms with E-state index in [0.29, 0.717) is 12.3 Å². The molecule has 0 bridgehead atoms. The molecular weight excluding hydrogens is 112 g/mol. The molecule has 0 aromatic heterocycles. The van der Waals surface area contributed by atoms with Gasteiger partial charge in [0, 0.05) is 12.3 Å². The van der Waals surface area contributed by atoms with Crippen molar-refractivity contribution >= 4 is 17.9 Å². The van der Waals surface area contributed by atoms with Crippen molar-refractivity contribution in [3.05, 3.63) is 12.2 Å². The molecule has 0 radical (unpaired) electrons. The minimum Gasteiger partial charge on any atom is -0.303 e. The lowest BCUT2D eigenvalue weighted by Crippen LogP contribution is -1.65. The molecule has 2 heteroatoms. The number of aldehydes is 1. The van der Waals surface area contributed by atoms with Crippen molar-refractivity contribution in [1.29, 1.82) is 0 Å². The Morgan fingerprint density at radius 2 is 2.14 bits per heavy atom. The predicted molar refractivity (Wildman–Crippen MR) is 30.5 cm³/mol. The van der Waals surface area contributed by atoms with Crippen molar-refractivity contribution < 1.29 is 4.79 Å². The number of allylic oxidation sites excluding steroid dienone is 2. The first kappa shape index (κ1) is 6.70. The van der Waals surface area contributed by atoms with Crippen LogP contribution in [0.5, 0.6) is 0 Å². The minimum atomic E-state index is 0.479. The van der Waals surface area contributed by atoms with Crippen LogP contribution in [-0.2, 0) is 4.79 Å². The van der Waals surface area contributed by atoms with Crippen LogP contribution in [0.15, 0.2) is 12.2 Å². The lowest BCUT2D eigenvalue weighted by atomic mass is 10.4. The second-order valence-corrected chi connectivity index (χ2v) is 1.34. The predicted octanol–water partition coefficient (Wildman–Crippen LogP) is 1.37. The van der Waals surface area contributed by atoms with Crippen molar-refractivity contribution in [3.8, 4) is 0 Å². The fraction of sp³-hybridized carbons (Fsp3) is 0.400. The molecule has 7 heavy (non-hydrogen) atoms. The van der Waals surface area contributed by atoms with E-state index in [1.54, 1.807) is 12.2 Å². The van der Waals surface area contributed by atoms with E-state index in [9.17, 15) is 4.79 Å². The first-order valence-electron chi connectivity index (χ1n) is 2.06. The molecule has 0 aromatic carbocycles. The van der Waals surface area contributed by atoms with Crippen LogP contribution in [0.25, 0.3) is 0 Å². The van der Waals surface area contributed by atoms with E-state index in [1.165, 1.54) is 0 Å². The van der Waals surface area contributed by atoms with Crippen LogP contribution in [0.3, 0.4) is 0 Å². The SMILES string of the molecule is O=CCC=CCCl. The van der Waals surface area contributed by atoms with Gasteiger partial charge in [-0.15, -0.1) is 11.6 Å². The van der Waals surface area contributed by atoms with Crippen molar-refractivity contribution in [3.63, 3.8) is 0 Å². The van der Waals surface area contributed by atoms with Crippen LogP contribution in [0.1, 0.15) is 6.42 Å². The molecule has 0 saturated carbocycles. The Morgan fingerprint density at radius 1 is 1.43 bits per heavy atom. The average Bonchev–Trinajstić information content (AvgIpc) is 1.69. The van der Waals surface area contributed by atoms with Gasteiger partial charge in [-0.1, -0.05) is 12.2 Å². The Labute approximate surface area is 48.0 Å². The van der Waals surface area contributed by atoms with Gasteiger partial charge in [0.1, 0.15) is 6.29 Å². The summed E-state index contributed by atoms with van der Waals surface area (Å²) in [6.07, 6.45) is 4.80. The summed E-state index contributed by atoms with van der Waals surface area (Å²) >= 11 is 5.23. The summed E-state index contributed by atoms with van der Waals surface area (Å²) in [6, 6.07) is 0. The number of rotatable bonds is 3. The third-order valence-electron chi connectivity index (χ3n) is 0.488. The topological polar surface area (TPSA) is 17.1 Å².